The molecule has 1 rings (SSSR count). The maximum atomic E-state index is 13.4. The monoisotopic (exact) mass is 295 g/mol. The van der Waals surface area contributed by atoms with Crippen molar-refractivity contribution in [2.45, 2.75) is 32.2 Å². The summed E-state index contributed by atoms with van der Waals surface area (Å²) in [4.78, 5) is 0. The number of benzene rings is 1. The first-order valence-corrected chi connectivity index (χ1v) is 5.65. The number of unbranched alkanes of at least 4 members (excludes halogenated alkanes) is 1. The molecule has 0 saturated heterocycles. The fourth-order valence-electron chi connectivity index (χ4n) is 1.38. The van der Waals surface area contributed by atoms with Crippen molar-refractivity contribution in [1.29, 1.82) is 0 Å². The molecule has 1 atom stereocenters. The first-order chi connectivity index (χ1) is 6.65. The molecule has 1 aromatic carbocycles. The van der Waals surface area contributed by atoms with Gasteiger partial charge in [-0.3, -0.25) is 0 Å². The summed E-state index contributed by atoms with van der Waals surface area (Å²) in [6.07, 6.45) is 2.97. The van der Waals surface area contributed by atoms with Gasteiger partial charge in [0.15, 0.2) is 0 Å². The van der Waals surface area contributed by atoms with Crippen molar-refractivity contribution >= 4 is 28.3 Å². The third-order valence-electron chi connectivity index (χ3n) is 2.23. The van der Waals surface area contributed by atoms with Crippen LogP contribution >= 0.6 is 28.3 Å². The minimum atomic E-state index is -0.219. The van der Waals surface area contributed by atoms with Gasteiger partial charge in [-0.15, -0.1) is 12.4 Å². The number of nitrogens with two attached hydrogens (primary N) is 1. The van der Waals surface area contributed by atoms with E-state index < -0.39 is 0 Å². The van der Waals surface area contributed by atoms with E-state index in [4.69, 9.17) is 5.73 Å². The second-order valence-corrected chi connectivity index (χ2v) is 4.33. The summed E-state index contributed by atoms with van der Waals surface area (Å²) >= 11 is 3.22. The second kappa shape index (κ2) is 7.20. The topological polar surface area (TPSA) is 26.0 Å². The molecule has 86 valence electrons. The fraction of sp³-hybridized carbons (Fsp3) is 0.455. The van der Waals surface area contributed by atoms with E-state index in [1.165, 1.54) is 6.07 Å². The highest BCUT2D eigenvalue weighted by Crippen LogP contribution is 2.22. The Morgan fingerprint density at radius 2 is 2.13 bits per heavy atom. The summed E-state index contributed by atoms with van der Waals surface area (Å²) < 4.78 is 14.2. The van der Waals surface area contributed by atoms with Gasteiger partial charge in [-0.1, -0.05) is 41.8 Å². The number of hydrogen-bond acceptors (Lipinski definition) is 1. The largest absolute Gasteiger partial charge is 0.324 e. The first kappa shape index (κ1) is 14.9. The maximum absolute atomic E-state index is 13.4. The van der Waals surface area contributed by atoms with E-state index >= 15 is 0 Å². The molecule has 0 bridgehead atoms. The van der Waals surface area contributed by atoms with Gasteiger partial charge in [-0.25, -0.2) is 4.39 Å². The Hall–Kier alpha value is -0.120. The molecule has 0 aliphatic heterocycles. The summed E-state index contributed by atoms with van der Waals surface area (Å²) in [6.45, 7) is 2.10. The van der Waals surface area contributed by atoms with E-state index in [1.807, 2.05) is 6.07 Å². The molecule has 15 heavy (non-hydrogen) atoms. The zero-order valence-corrected chi connectivity index (χ0v) is 11.1. The molecule has 0 aliphatic rings. The van der Waals surface area contributed by atoms with Crippen LogP contribution in [0.15, 0.2) is 22.7 Å². The molecule has 0 aliphatic carbocycles. The third kappa shape index (κ3) is 4.49. The Labute approximate surface area is 105 Å². The predicted molar refractivity (Wildman–Crippen MR) is 67.8 cm³/mol. The molecular formula is C11H16BrClFN. The number of rotatable bonds is 4. The molecule has 0 radical (unpaired) electrons. The summed E-state index contributed by atoms with van der Waals surface area (Å²) in [6, 6.07) is 4.86. The lowest BCUT2D eigenvalue weighted by Gasteiger charge is -2.12. The minimum Gasteiger partial charge on any atom is -0.324 e. The van der Waals surface area contributed by atoms with E-state index in [0.717, 1.165) is 23.7 Å². The van der Waals surface area contributed by atoms with Crippen LogP contribution in [-0.4, -0.2) is 0 Å². The van der Waals surface area contributed by atoms with Gasteiger partial charge in [0.25, 0.3) is 0 Å². The fourth-order valence-corrected chi connectivity index (χ4v) is 1.71. The standard InChI is InChI=1S/C11H15BrFN.ClH/c1-2-3-4-11(14)9-6-5-8(12)7-10(9)13;/h5-7,11H,2-4,14H2,1H3;1H/t11-;/m1./s1. The van der Waals surface area contributed by atoms with Crippen LogP contribution in [0.2, 0.25) is 0 Å². The normalized spacial score (nSPS) is 12.0. The van der Waals surface area contributed by atoms with Gasteiger partial charge in [0.2, 0.25) is 0 Å². The molecule has 0 heterocycles. The van der Waals surface area contributed by atoms with E-state index in [2.05, 4.69) is 22.9 Å². The molecule has 0 amide bonds. The molecule has 0 unspecified atom stereocenters. The van der Waals surface area contributed by atoms with Crippen molar-refractivity contribution in [3.63, 3.8) is 0 Å². The summed E-state index contributed by atoms with van der Waals surface area (Å²) in [5.74, 6) is -0.219. The zero-order chi connectivity index (χ0) is 10.6. The Balaban J connectivity index is 0.00000196. The quantitative estimate of drug-likeness (QED) is 0.885. The molecule has 2 N–H and O–H groups in total. The molecular weight excluding hydrogens is 280 g/mol. The number of hydrogen-bond donors (Lipinski definition) is 1. The van der Waals surface area contributed by atoms with Crippen LogP contribution in [0.1, 0.15) is 37.8 Å². The summed E-state index contributed by atoms with van der Waals surface area (Å²) in [5, 5.41) is 0. The van der Waals surface area contributed by atoms with Crippen LogP contribution in [-0.2, 0) is 0 Å². The third-order valence-corrected chi connectivity index (χ3v) is 2.72. The number of halogens is 3. The van der Waals surface area contributed by atoms with Gasteiger partial charge in [-0.05, 0) is 18.6 Å². The Kier molecular flexibility index (Phi) is 7.14. The van der Waals surface area contributed by atoms with Crippen molar-refractivity contribution < 1.29 is 4.39 Å². The van der Waals surface area contributed by atoms with Crippen molar-refractivity contribution in [3.8, 4) is 0 Å². The molecule has 0 fully saturated rings. The zero-order valence-electron chi connectivity index (χ0n) is 8.67. The van der Waals surface area contributed by atoms with Gasteiger partial charge < -0.3 is 5.73 Å². The summed E-state index contributed by atoms with van der Waals surface area (Å²) in [5.41, 5.74) is 6.49. The first-order valence-electron chi connectivity index (χ1n) is 4.85. The van der Waals surface area contributed by atoms with Crippen LogP contribution < -0.4 is 5.73 Å². The van der Waals surface area contributed by atoms with E-state index in [-0.39, 0.29) is 24.3 Å². The highest BCUT2D eigenvalue weighted by Gasteiger charge is 2.10. The lowest BCUT2D eigenvalue weighted by Crippen LogP contribution is -2.11. The van der Waals surface area contributed by atoms with Gasteiger partial charge in [0.1, 0.15) is 5.82 Å². The lowest BCUT2D eigenvalue weighted by atomic mass is 10.0. The molecule has 0 spiro atoms. The van der Waals surface area contributed by atoms with E-state index in [0.29, 0.717) is 5.56 Å². The smallest absolute Gasteiger partial charge is 0.129 e. The van der Waals surface area contributed by atoms with Crippen LogP contribution in [0.4, 0.5) is 4.39 Å². The average molecular weight is 297 g/mol. The van der Waals surface area contributed by atoms with Crippen LogP contribution in [0.5, 0.6) is 0 Å². The van der Waals surface area contributed by atoms with E-state index in [1.54, 1.807) is 6.07 Å². The minimum absolute atomic E-state index is 0. The van der Waals surface area contributed by atoms with Crippen molar-refractivity contribution in [3.05, 3.63) is 34.1 Å². The van der Waals surface area contributed by atoms with Crippen LogP contribution in [0, 0.1) is 5.82 Å². The molecule has 0 saturated carbocycles. The SMILES string of the molecule is CCCC[C@@H](N)c1ccc(Br)cc1F.Cl. The van der Waals surface area contributed by atoms with Crippen LogP contribution in [0.25, 0.3) is 0 Å². The van der Waals surface area contributed by atoms with Gasteiger partial charge in [-0.2, -0.15) is 0 Å². The lowest BCUT2D eigenvalue weighted by molar-refractivity contribution is 0.547. The van der Waals surface area contributed by atoms with Crippen molar-refractivity contribution in [1.82, 2.24) is 0 Å². The van der Waals surface area contributed by atoms with Crippen molar-refractivity contribution in [2.75, 3.05) is 0 Å². The second-order valence-electron chi connectivity index (χ2n) is 3.41. The van der Waals surface area contributed by atoms with Crippen LogP contribution in [0.3, 0.4) is 0 Å². The molecule has 4 heteroatoms. The Morgan fingerprint density at radius 1 is 1.47 bits per heavy atom. The van der Waals surface area contributed by atoms with Gasteiger partial charge >= 0.3 is 0 Å². The van der Waals surface area contributed by atoms with Gasteiger partial charge in [0.05, 0.1) is 0 Å². The predicted octanol–water partition coefficient (Wildman–Crippen LogP) is 4.20. The Morgan fingerprint density at radius 3 is 2.67 bits per heavy atom. The maximum Gasteiger partial charge on any atom is 0.129 e. The average Bonchev–Trinajstić information content (AvgIpc) is 2.14. The van der Waals surface area contributed by atoms with Gasteiger partial charge in [0, 0.05) is 16.1 Å². The highest BCUT2D eigenvalue weighted by atomic mass is 79.9. The molecule has 0 aromatic heterocycles. The van der Waals surface area contributed by atoms with E-state index in [9.17, 15) is 4.39 Å². The molecule has 1 aromatic rings. The Bertz CT molecular complexity index is 307. The molecule has 1 nitrogen and oxygen atoms in total. The van der Waals surface area contributed by atoms with Crippen molar-refractivity contribution in [2.24, 2.45) is 5.73 Å². The highest BCUT2D eigenvalue weighted by molar-refractivity contribution is 9.10. The summed E-state index contributed by atoms with van der Waals surface area (Å²) in [7, 11) is 0.